The molecule has 0 radical (unpaired) electrons. The fourth-order valence-corrected chi connectivity index (χ4v) is 3.27. The third kappa shape index (κ3) is 5.67. The number of hydrogen-bond donors (Lipinski definition) is 2. The summed E-state index contributed by atoms with van der Waals surface area (Å²) in [5, 5.41) is 11.2. The lowest BCUT2D eigenvalue weighted by Gasteiger charge is -2.11. The number of guanidine groups is 1. The van der Waals surface area contributed by atoms with Gasteiger partial charge < -0.3 is 10.6 Å². The van der Waals surface area contributed by atoms with Gasteiger partial charge in [0.05, 0.1) is 12.2 Å². The van der Waals surface area contributed by atoms with Crippen molar-refractivity contribution >= 4 is 52.0 Å². The number of nitrogens with one attached hydrogen (secondary N) is 2. The number of halogens is 1. The molecule has 0 unspecified atom stereocenters. The Morgan fingerprint density at radius 3 is 2.80 bits per heavy atom. The number of rotatable bonds is 6. The summed E-state index contributed by atoms with van der Waals surface area (Å²) in [7, 11) is 0. The minimum atomic E-state index is 0. The van der Waals surface area contributed by atoms with E-state index in [1.807, 2.05) is 24.4 Å². The topological polar surface area (TPSA) is 49.3 Å². The van der Waals surface area contributed by atoms with E-state index in [0.29, 0.717) is 6.54 Å². The van der Waals surface area contributed by atoms with Gasteiger partial charge in [-0.3, -0.25) is 4.98 Å². The lowest BCUT2D eigenvalue weighted by molar-refractivity contribution is 0.802. The Kier molecular flexibility index (Phi) is 8.14. The van der Waals surface area contributed by atoms with E-state index >= 15 is 0 Å². The van der Waals surface area contributed by atoms with Gasteiger partial charge in [0.15, 0.2) is 5.96 Å². The highest BCUT2D eigenvalue weighted by molar-refractivity contribution is 14.0. The van der Waals surface area contributed by atoms with Crippen molar-refractivity contribution in [2.75, 3.05) is 13.1 Å². The fourth-order valence-electron chi connectivity index (χ4n) is 2.56. The molecular weight excluding hydrogens is 443 g/mol. The predicted molar refractivity (Wildman–Crippen MR) is 118 cm³/mol. The third-order valence-electron chi connectivity index (χ3n) is 3.73. The van der Waals surface area contributed by atoms with Crippen molar-refractivity contribution < 1.29 is 0 Å². The monoisotopic (exact) mass is 466 g/mol. The van der Waals surface area contributed by atoms with Crippen LogP contribution in [-0.4, -0.2) is 24.0 Å². The molecule has 2 N–H and O–H groups in total. The first-order valence-electron chi connectivity index (χ1n) is 8.24. The van der Waals surface area contributed by atoms with Gasteiger partial charge in [0, 0.05) is 29.5 Å². The Morgan fingerprint density at radius 2 is 2.00 bits per heavy atom. The number of fused-ring (bicyclic) bond motifs is 1. The van der Waals surface area contributed by atoms with Crippen LogP contribution in [0.2, 0.25) is 0 Å². The predicted octanol–water partition coefficient (Wildman–Crippen LogP) is 4.21. The molecule has 3 rings (SSSR count). The van der Waals surface area contributed by atoms with Crippen molar-refractivity contribution in [2.45, 2.75) is 19.9 Å². The van der Waals surface area contributed by atoms with Crippen LogP contribution in [0.15, 0.2) is 59.0 Å². The zero-order chi connectivity index (χ0) is 16.6. The zero-order valence-electron chi connectivity index (χ0n) is 14.2. The summed E-state index contributed by atoms with van der Waals surface area (Å²) in [6, 6.07) is 14.6. The third-order valence-corrected chi connectivity index (χ3v) is 4.67. The Morgan fingerprint density at radius 1 is 1.12 bits per heavy atom. The zero-order valence-corrected chi connectivity index (χ0v) is 17.4. The highest BCUT2D eigenvalue weighted by Gasteiger charge is 2.03. The molecule has 6 heteroatoms. The normalized spacial score (nSPS) is 11.2. The SMILES string of the molecule is CCNC(=NCc1nccc2ccccc12)NCCc1cccs1.I. The van der Waals surface area contributed by atoms with Gasteiger partial charge in [-0.1, -0.05) is 30.3 Å². The molecule has 0 atom stereocenters. The number of hydrogen-bond acceptors (Lipinski definition) is 3. The highest BCUT2D eigenvalue weighted by Crippen LogP contribution is 2.16. The Labute approximate surface area is 169 Å². The first-order valence-corrected chi connectivity index (χ1v) is 9.12. The average molecular weight is 466 g/mol. The summed E-state index contributed by atoms with van der Waals surface area (Å²) >= 11 is 1.79. The van der Waals surface area contributed by atoms with E-state index in [2.05, 4.69) is 57.2 Å². The van der Waals surface area contributed by atoms with Gasteiger partial charge in [0.2, 0.25) is 0 Å². The molecule has 0 aliphatic carbocycles. The van der Waals surface area contributed by atoms with E-state index in [0.717, 1.165) is 36.6 Å². The highest BCUT2D eigenvalue weighted by atomic mass is 127. The summed E-state index contributed by atoms with van der Waals surface area (Å²) in [6.07, 6.45) is 2.86. The van der Waals surface area contributed by atoms with Crippen LogP contribution in [0.4, 0.5) is 0 Å². The van der Waals surface area contributed by atoms with Crippen LogP contribution >= 0.6 is 35.3 Å². The minimum Gasteiger partial charge on any atom is -0.357 e. The van der Waals surface area contributed by atoms with Crippen LogP contribution in [0, 0.1) is 0 Å². The second-order valence-corrected chi connectivity index (χ2v) is 6.46. The maximum absolute atomic E-state index is 4.69. The van der Waals surface area contributed by atoms with Crippen molar-refractivity contribution in [2.24, 2.45) is 4.99 Å². The van der Waals surface area contributed by atoms with E-state index in [4.69, 9.17) is 0 Å². The van der Waals surface area contributed by atoms with Crippen LogP contribution in [0.1, 0.15) is 17.5 Å². The molecule has 132 valence electrons. The van der Waals surface area contributed by atoms with Crippen LogP contribution in [0.3, 0.4) is 0 Å². The average Bonchev–Trinajstić information content (AvgIpc) is 3.13. The summed E-state index contributed by atoms with van der Waals surface area (Å²) < 4.78 is 0. The van der Waals surface area contributed by atoms with Crippen LogP contribution in [0.5, 0.6) is 0 Å². The number of aromatic nitrogens is 1. The summed E-state index contributed by atoms with van der Waals surface area (Å²) in [5.74, 6) is 0.837. The van der Waals surface area contributed by atoms with E-state index in [1.54, 1.807) is 11.3 Å². The van der Waals surface area contributed by atoms with Crippen LogP contribution < -0.4 is 10.6 Å². The van der Waals surface area contributed by atoms with Gasteiger partial charge >= 0.3 is 0 Å². The molecule has 3 aromatic rings. The molecule has 1 aromatic carbocycles. The maximum Gasteiger partial charge on any atom is 0.191 e. The van der Waals surface area contributed by atoms with Gasteiger partial charge in [-0.05, 0) is 36.2 Å². The van der Waals surface area contributed by atoms with Gasteiger partial charge in [-0.2, -0.15) is 0 Å². The van der Waals surface area contributed by atoms with Crippen molar-refractivity contribution in [3.05, 3.63) is 64.6 Å². The first kappa shape index (κ1) is 19.7. The second kappa shape index (κ2) is 10.4. The van der Waals surface area contributed by atoms with Gasteiger partial charge in [-0.25, -0.2) is 4.99 Å². The van der Waals surface area contributed by atoms with Crippen LogP contribution in [0.25, 0.3) is 10.8 Å². The van der Waals surface area contributed by atoms with E-state index in [-0.39, 0.29) is 24.0 Å². The number of nitrogens with zero attached hydrogens (tertiary/aromatic N) is 2. The summed E-state index contributed by atoms with van der Waals surface area (Å²) in [6.45, 7) is 4.35. The minimum absolute atomic E-state index is 0. The van der Waals surface area contributed by atoms with Crippen LogP contribution in [-0.2, 0) is 13.0 Å². The van der Waals surface area contributed by atoms with Gasteiger partial charge in [0.1, 0.15) is 0 Å². The quantitative estimate of drug-likeness (QED) is 0.325. The molecule has 0 aliphatic heterocycles. The fraction of sp³-hybridized carbons (Fsp3) is 0.263. The molecule has 0 saturated heterocycles. The summed E-state index contributed by atoms with van der Waals surface area (Å²) in [5.41, 5.74) is 1.00. The van der Waals surface area contributed by atoms with E-state index in [9.17, 15) is 0 Å². The lowest BCUT2D eigenvalue weighted by Crippen LogP contribution is -2.38. The van der Waals surface area contributed by atoms with Gasteiger partial charge in [-0.15, -0.1) is 35.3 Å². The van der Waals surface area contributed by atoms with Crippen molar-refractivity contribution in [1.82, 2.24) is 15.6 Å². The molecule has 0 bridgehead atoms. The van der Waals surface area contributed by atoms with Gasteiger partial charge in [0.25, 0.3) is 0 Å². The van der Waals surface area contributed by atoms with E-state index < -0.39 is 0 Å². The molecule has 0 amide bonds. The molecule has 0 fully saturated rings. The standard InChI is InChI=1S/C19H22N4S.HI/c1-2-20-19(22-12-10-16-7-5-13-24-16)23-14-18-17-8-4-3-6-15(17)9-11-21-18;/h3-9,11,13H,2,10,12,14H2,1H3,(H2,20,22,23);1H. The largest absolute Gasteiger partial charge is 0.357 e. The Balaban J connectivity index is 0.00000225. The molecule has 4 nitrogen and oxygen atoms in total. The Bertz CT molecular complexity index is 797. The molecule has 2 aromatic heterocycles. The molecule has 2 heterocycles. The second-order valence-electron chi connectivity index (χ2n) is 5.43. The number of thiophene rings is 1. The maximum atomic E-state index is 4.69. The van der Waals surface area contributed by atoms with E-state index in [1.165, 1.54) is 10.3 Å². The number of pyridine rings is 1. The molecule has 25 heavy (non-hydrogen) atoms. The van der Waals surface area contributed by atoms with Crippen molar-refractivity contribution in [1.29, 1.82) is 0 Å². The Hall–Kier alpha value is -1.67. The number of aliphatic imine (C=N–C) groups is 1. The smallest absolute Gasteiger partial charge is 0.191 e. The number of benzene rings is 1. The molecule has 0 aliphatic rings. The first-order chi connectivity index (χ1) is 11.9. The van der Waals surface area contributed by atoms with Crippen molar-refractivity contribution in [3.8, 4) is 0 Å². The summed E-state index contributed by atoms with van der Waals surface area (Å²) in [4.78, 5) is 10.6. The lowest BCUT2D eigenvalue weighted by atomic mass is 10.1. The van der Waals surface area contributed by atoms with Crippen molar-refractivity contribution in [3.63, 3.8) is 0 Å². The molecule has 0 saturated carbocycles. The molecule has 0 spiro atoms. The molecular formula is C19H23IN4S.